The van der Waals surface area contributed by atoms with E-state index in [2.05, 4.69) is 15.2 Å². The molecule has 0 aliphatic carbocycles. The van der Waals surface area contributed by atoms with E-state index in [1.54, 1.807) is 30.3 Å². The summed E-state index contributed by atoms with van der Waals surface area (Å²) in [5, 5.41) is 4.68. The molecule has 0 radical (unpaired) electrons. The first kappa shape index (κ1) is 25.9. The largest absolute Gasteiger partial charge is 0.489 e. The van der Waals surface area contributed by atoms with Crippen molar-refractivity contribution in [3.8, 4) is 5.75 Å². The maximum Gasteiger partial charge on any atom is 0.271 e. The van der Waals surface area contributed by atoms with Crippen molar-refractivity contribution in [3.63, 3.8) is 0 Å². The third-order valence-electron chi connectivity index (χ3n) is 5.29. The molecule has 0 atom stereocenters. The van der Waals surface area contributed by atoms with Crippen LogP contribution in [0.1, 0.15) is 27.0 Å². The molecule has 0 heterocycles. The monoisotopic (exact) mass is 533 g/mol. The van der Waals surface area contributed by atoms with Crippen LogP contribution in [-0.4, -0.2) is 20.5 Å². The zero-order valence-electron chi connectivity index (χ0n) is 19.9. The molecule has 4 aromatic carbocycles. The fourth-order valence-electron chi connectivity index (χ4n) is 3.28. The van der Waals surface area contributed by atoms with Gasteiger partial charge in [0.2, 0.25) is 0 Å². The molecular formula is C28H24ClN3O4S. The first-order valence-corrected chi connectivity index (χ1v) is 13.1. The lowest BCUT2D eigenvalue weighted by molar-refractivity contribution is 0.0955. The molecule has 0 aliphatic heterocycles. The van der Waals surface area contributed by atoms with Crippen LogP contribution in [-0.2, 0) is 16.6 Å². The van der Waals surface area contributed by atoms with E-state index in [9.17, 15) is 13.2 Å². The number of carbonyl (C=O) groups excluding carboxylic acids is 1. The van der Waals surface area contributed by atoms with Crippen LogP contribution in [0.2, 0.25) is 5.02 Å². The van der Waals surface area contributed by atoms with Gasteiger partial charge in [-0.15, -0.1) is 0 Å². The van der Waals surface area contributed by atoms with E-state index in [1.165, 1.54) is 30.5 Å². The predicted molar refractivity (Wildman–Crippen MR) is 146 cm³/mol. The Morgan fingerprint density at radius 1 is 0.946 bits per heavy atom. The molecule has 1 amide bonds. The summed E-state index contributed by atoms with van der Waals surface area (Å²) in [7, 11) is -3.72. The van der Waals surface area contributed by atoms with Crippen molar-refractivity contribution in [2.45, 2.75) is 18.4 Å². The van der Waals surface area contributed by atoms with Crippen LogP contribution in [0.3, 0.4) is 0 Å². The maximum atomic E-state index is 12.5. The Bertz CT molecular complexity index is 1500. The van der Waals surface area contributed by atoms with Gasteiger partial charge in [0, 0.05) is 16.3 Å². The zero-order valence-corrected chi connectivity index (χ0v) is 21.5. The quantitative estimate of drug-likeness (QED) is 0.210. The van der Waals surface area contributed by atoms with Crippen molar-refractivity contribution in [1.29, 1.82) is 0 Å². The zero-order chi connectivity index (χ0) is 26.3. The Morgan fingerprint density at radius 2 is 1.65 bits per heavy atom. The van der Waals surface area contributed by atoms with Crippen molar-refractivity contribution in [1.82, 2.24) is 5.43 Å². The van der Waals surface area contributed by atoms with E-state index < -0.39 is 15.9 Å². The van der Waals surface area contributed by atoms with Crippen LogP contribution in [0.5, 0.6) is 5.75 Å². The average Bonchev–Trinajstić information content (AvgIpc) is 2.89. The van der Waals surface area contributed by atoms with Crippen molar-refractivity contribution in [2.24, 2.45) is 5.10 Å². The Kier molecular flexibility index (Phi) is 8.22. The van der Waals surface area contributed by atoms with Gasteiger partial charge in [0.15, 0.2) is 0 Å². The van der Waals surface area contributed by atoms with Gasteiger partial charge in [-0.2, -0.15) is 5.10 Å². The van der Waals surface area contributed by atoms with Crippen molar-refractivity contribution in [2.75, 3.05) is 4.72 Å². The lowest BCUT2D eigenvalue weighted by Crippen LogP contribution is -2.18. The normalized spacial score (nSPS) is 11.3. The summed E-state index contributed by atoms with van der Waals surface area (Å²) in [6.07, 6.45) is 1.51. The summed E-state index contributed by atoms with van der Waals surface area (Å²) in [6, 6.07) is 27.3. The minimum Gasteiger partial charge on any atom is -0.489 e. The topological polar surface area (TPSA) is 96.9 Å². The number of benzene rings is 4. The molecule has 0 spiro atoms. The van der Waals surface area contributed by atoms with Crippen LogP contribution < -0.4 is 14.9 Å². The Labute approximate surface area is 220 Å². The fourth-order valence-corrected chi connectivity index (χ4v) is 4.47. The number of anilines is 1. The van der Waals surface area contributed by atoms with Gasteiger partial charge >= 0.3 is 0 Å². The molecule has 2 N–H and O–H groups in total. The predicted octanol–water partition coefficient (Wildman–Crippen LogP) is 5.79. The van der Waals surface area contributed by atoms with Crippen LogP contribution in [0.4, 0.5) is 5.69 Å². The number of nitrogens with zero attached hydrogens (tertiary/aromatic N) is 1. The van der Waals surface area contributed by atoms with E-state index in [1.807, 2.05) is 49.4 Å². The van der Waals surface area contributed by atoms with Gasteiger partial charge < -0.3 is 4.74 Å². The molecule has 4 rings (SSSR count). The molecule has 0 fully saturated rings. The van der Waals surface area contributed by atoms with Gasteiger partial charge in [0.25, 0.3) is 15.9 Å². The number of carbonyl (C=O) groups is 1. The molecule has 0 bridgehead atoms. The Hall–Kier alpha value is -4.14. The number of rotatable bonds is 9. The van der Waals surface area contributed by atoms with Gasteiger partial charge in [-0.05, 0) is 78.7 Å². The van der Waals surface area contributed by atoms with E-state index in [-0.39, 0.29) is 4.90 Å². The van der Waals surface area contributed by atoms with Crippen LogP contribution in [0.15, 0.2) is 107 Å². The number of hydrogen-bond donors (Lipinski definition) is 2. The van der Waals surface area contributed by atoms with Gasteiger partial charge in [0.1, 0.15) is 12.4 Å². The van der Waals surface area contributed by atoms with Gasteiger partial charge in [-0.25, -0.2) is 13.8 Å². The number of aryl methyl sites for hydroxylation is 1. The molecule has 0 saturated heterocycles. The van der Waals surface area contributed by atoms with Crippen LogP contribution in [0.25, 0.3) is 0 Å². The highest BCUT2D eigenvalue weighted by Gasteiger charge is 2.14. The SMILES string of the molecule is Cc1ccc(S(=O)(=O)Nc2ccc(C(=O)NN=Cc3cccc(OCc4ccc(Cl)cc4)c3)cc2)cc1. The lowest BCUT2D eigenvalue weighted by Gasteiger charge is -2.09. The molecule has 7 nitrogen and oxygen atoms in total. The summed E-state index contributed by atoms with van der Waals surface area (Å²) < 4.78 is 33.4. The standard InChI is InChI=1S/C28H24ClN3O4S/c1-20-5-15-27(16-6-20)37(34,35)32-25-13-9-23(10-14-25)28(33)31-30-18-22-3-2-4-26(17-22)36-19-21-7-11-24(29)12-8-21/h2-18,32H,19H2,1H3,(H,31,33). The molecule has 37 heavy (non-hydrogen) atoms. The average molecular weight is 534 g/mol. The Balaban J connectivity index is 1.31. The first-order valence-electron chi connectivity index (χ1n) is 11.3. The second-order valence-corrected chi connectivity index (χ2v) is 10.3. The summed E-state index contributed by atoms with van der Waals surface area (Å²) in [5.74, 6) is 0.230. The van der Waals surface area contributed by atoms with Crippen LogP contribution >= 0.6 is 11.6 Å². The minimum atomic E-state index is -3.72. The number of nitrogens with one attached hydrogen (secondary N) is 2. The fraction of sp³-hybridized carbons (Fsp3) is 0.0714. The summed E-state index contributed by atoms with van der Waals surface area (Å²) in [5.41, 5.74) is 5.84. The minimum absolute atomic E-state index is 0.161. The molecule has 188 valence electrons. The summed E-state index contributed by atoms with van der Waals surface area (Å²) in [4.78, 5) is 12.6. The van der Waals surface area contributed by atoms with E-state index in [0.717, 1.165) is 16.7 Å². The smallest absolute Gasteiger partial charge is 0.271 e. The summed E-state index contributed by atoms with van der Waals surface area (Å²) in [6.45, 7) is 2.28. The molecule has 9 heteroatoms. The van der Waals surface area contributed by atoms with Crippen molar-refractivity contribution >= 4 is 39.4 Å². The third kappa shape index (κ3) is 7.42. The molecule has 0 saturated carbocycles. The maximum absolute atomic E-state index is 12.5. The van der Waals surface area contributed by atoms with Crippen molar-refractivity contribution in [3.05, 3.63) is 124 Å². The van der Waals surface area contributed by atoms with Gasteiger partial charge in [0.05, 0.1) is 11.1 Å². The van der Waals surface area contributed by atoms with E-state index >= 15 is 0 Å². The molecule has 0 aromatic heterocycles. The Morgan fingerprint density at radius 3 is 2.35 bits per heavy atom. The number of amides is 1. The number of hydrazone groups is 1. The molecule has 0 unspecified atom stereocenters. The van der Waals surface area contributed by atoms with Crippen LogP contribution in [0, 0.1) is 6.92 Å². The number of sulfonamides is 1. The second-order valence-electron chi connectivity index (χ2n) is 8.18. The molecule has 4 aromatic rings. The van der Waals surface area contributed by atoms with Gasteiger partial charge in [-0.1, -0.05) is 53.6 Å². The number of ether oxygens (including phenoxy) is 1. The first-order chi connectivity index (χ1) is 17.8. The second kappa shape index (κ2) is 11.7. The summed E-state index contributed by atoms with van der Waals surface area (Å²) >= 11 is 5.90. The lowest BCUT2D eigenvalue weighted by atomic mass is 10.2. The van der Waals surface area contributed by atoms with Crippen molar-refractivity contribution < 1.29 is 17.9 Å². The third-order valence-corrected chi connectivity index (χ3v) is 6.94. The number of hydrogen-bond acceptors (Lipinski definition) is 5. The van der Waals surface area contributed by atoms with Gasteiger partial charge in [-0.3, -0.25) is 9.52 Å². The highest BCUT2D eigenvalue weighted by atomic mass is 35.5. The van der Waals surface area contributed by atoms with E-state index in [4.69, 9.17) is 16.3 Å². The van der Waals surface area contributed by atoms with E-state index in [0.29, 0.717) is 28.6 Å². The molecular weight excluding hydrogens is 510 g/mol. The number of halogens is 1. The highest BCUT2D eigenvalue weighted by molar-refractivity contribution is 7.92. The molecule has 0 aliphatic rings. The highest BCUT2D eigenvalue weighted by Crippen LogP contribution is 2.18.